The molecule has 1 aromatic carbocycles. The van der Waals surface area contributed by atoms with Gasteiger partial charge in [0.1, 0.15) is 0 Å². The smallest absolute Gasteiger partial charge is 0.294 e. The van der Waals surface area contributed by atoms with Crippen molar-refractivity contribution in [1.29, 1.82) is 0 Å². The van der Waals surface area contributed by atoms with Gasteiger partial charge in [0.05, 0.1) is 7.11 Å². The van der Waals surface area contributed by atoms with Gasteiger partial charge >= 0.3 is 5.97 Å². The fourth-order valence-corrected chi connectivity index (χ4v) is 2.32. The Morgan fingerprint density at radius 3 is 2.52 bits per heavy atom. The monoisotopic (exact) mass is 290 g/mol. The standard InChI is InChI=1S/C18H26O3/c1-4-6-7-15(5-2)14-17-10-8-16(9-11-17)12-13-18(19)21-20-3/h8-13,15H,4-7,14H2,1-3H3. The number of rotatable bonds is 9. The lowest BCUT2D eigenvalue weighted by Gasteiger charge is -2.14. The van der Waals surface area contributed by atoms with E-state index in [-0.39, 0.29) is 0 Å². The second kappa shape index (κ2) is 10.2. The first-order valence-corrected chi connectivity index (χ1v) is 7.71. The van der Waals surface area contributed by atoms with Gasteiger partial charge in [-0.2, -0.15) is 4.89 Å². The lowest BCUT2D eigenvalue weighted by molar-refractivity contribution is -0.249. The van der Waals surface area contributed by atoms with Crippen LogP contribution in [0, 0.1) is 5.92 Å². The summed E-state index contributed by atoms with van der Waals surface area (Å²) in [5, 5.41) is 0. The Balaban J connectivity index is 2.55. The zero-order valence-corrected chi connectivity index (χ0v) is 13.3. The Bertz CT molecular complexity index is 434. The van der Waals surface area contributed by atoms with E-state index in [1.807, 2.05) is 12.1 Å². The molecule has 0 spiro atoms. The summed E-state index contributed by atoms with van der Waals surface area (Å²) in [6, 6.07) is 8.32. The van der Waals surface area contributed by atoms with Crippen molar-refractivity contribution in [2.45, 2.75) is 46.0 Å². The van der Waals surface area contributed by atoms with Crippen molar-refractivity contribution in [2.75, 3.05) is 7.11 Å². The van der Waals surface area contributed by atoms with Crippen LogP contribution in [0.2, 0.25) is 0 Å². The first-order valence-electron chi connectivity index (χ1n) is 7.71. The van der Waals surface area contributed by atoms with Crippen molar-refractivity contribution in [3.8, 4) is 0 Å². The summed E-state index contributed by atoms with van der Waals surface area (Å²) in [5.41, 5.74) is 2.34. The number of unbranched alkanes of at least 4 members (excludes halogenated alkanes) is 1. The molecule has 1 unspecified atom stereocenters. The lowest BCUT2D eigenvalue weighted by atomic mass is 9.92. The van der Waals surface area contributed by atoms with Crippen molar-refractivity contribution in [3.05, 3.63) is 41.5 Å². The minimum Gasteiger partial charge on any atom is -0.294 e. The molecule has 1 atom stereocenters. The van der Waals surface area contributed by atoms with Gasteiger partial charge in [-0.1, -0.05) is 63.8 Å². The number of hydrogen-bond donors (Lipinski definition) is 0. The van der Waals surface area contributed by atoms with Crippen LogP contribution in [0.1, 0.15) is 50.7 Å². The van der Waals surface area contributed by atoms with Gasteiger partial charge in [-0.3, -0.25) is 4.89 Å². The molecule has 1 rings (SSSR count). The molecule has 0 aliphatic carbocycles. The van der Waals surface area contributed by atoms with E-state index in [2.05, 4.69) is 35.8 Å². The first-order chi connectivity index (χ1) is 10.2. The summed E-state index contributed by atoms with van der Waals surface area (Å²) in [4.78, 5) is 19.8. The summed E-state index contributed by atoms with van der Waals surface area (Å²) in [6.45, 7) is 4.50. The molecule has 1 aromatic rings. The van der Waals surface area contributed by atoms with E-state index in [9.17, 15) is 4.79 Å². The van der Waals surface area contributed by atoms with Crippen molar-refractivity contribution >= 4 is 12.0 Å². The Hall–Kier alpha value is -1.61. The van der Waals surface area contributed by atoms with Crippen LogP contribution in [-0.4, -0.2) is 13.1 Å². The minimum absolute atomic E-state index is 0.507. The highest BCUT2D eigenvalue weighted by atomic mass is 17.2. The molecule has 0 amide bonds. The molecule has 0 N–H and O–H groups in total. The quantitative estimate of drug-likeness (QED) is 0.380. The SMILES string of the molecule is CCCCC(CC)Cc1ccc(C=CC(=O)OOC)cc1. The van der Waals surface area contributed by atoms with Crippen molar-refractivity contribution < 1.29 is 14.6 Å². The molecule has 0 bridgehead atoms. The van der Waals surface area contributed by atoms with Crippen LogP contribution in [0.25, 0.3) is 6.08 Å². The van der Waals surface area contributed by atoms with Crippen LogP contribution < -0.4 is 0 Å². The van der Waals surface area contributed by atoms with Crippen LogP contribution in [-0.2, 0) is 21.0 Å². The Kier molecular flexibility index (Phi) is 8.44. The van der Waals surface area contributed by atoms with Crippen LogP contribution in [0.15, 0.2) is 30.3 Å². The zero-order chi connectivity index (χ0) is 15.5. The van der Waals surface area contributed by atoms with Gasteiger partial charge in [-0.25, -0.2) is 4.79 Å². The molecule has 0 aliphatic heterocycles. The number of hydrogen-bond acceptors (Lipinski definition) is 3. The van der Waals surface area contributed by atoms with Crippen LogP contribution >= 0.6 is 0 Å². The molecule has 0 aliphatic rings. The highest BCUT2D eigenvalue weighted by Gasteiger charge is 2.06. The Morgan fingerprint density at radius 2 is 1.95 bits per heavy atom. The zero-order valence-electron chi connectivity index (χ0n) is 13.3. The molecule has 0 saturated carbocycles. The maximum atomic E-state index is 11.1. The third-order valence-electron chi connectivity index (χ3n) is 3.62. The van der Waals surface area contributed by atoms with Crippen molar-refractivity contribution in [2.24, 2.45) is 5.92 Å². The largest absolute Gasteiger partial charge is 0.365 e. The maximum absolute atomic E-state index is 11.1. The highest BCUT2D eigenvalue weighted by Crippen LogP contribution is 2.19. The number of carbonyl (C=O) groups excluding carboxylic acids is 1. The predicted octanol–water partition coefficient (Wildman–Crippen LogP) is 4.56. The van der Waals surface area contributed by atoms with E-state index < -0.39 is 5.97 Å². The predicted molar refractivity (Wildman–Crippen MR) is 85.6 cm³/mol. The van der Waals surface area contributed by atoms with E-state index >= 15 is 0 Å². The third kappa shape index (κ3) is 7.09. The van der Waals surface area contributed by atoms with Gasteiger partial charge in [0.25, 0.3) is 0 Å². The van der Waals surface area contributed by atoms with Gasteiger partial charge < -0.3 is 0 Å². The van der Waals surface area contributed by atoms with E-state index in [0.717, 1.165) is 17.9 Å². The van der Waals surface area contributed by atoms with E-state index in [4.69, 9.17) is 0 Å². The number of benzene rings is 1. The third-order valence-corrected chi connectivity index (χ3v) is 3.62. The van der Waals surface area contributed by atoms with Gasteiger partial charge in [-0.05, 0) is 29.5 Å². The highest BCUT2D eigenvalue weighted by molar-refractivity contribution is 5.86. The van der Waals surface area contributed by atoms with Crippen molar-refractivity contribution in [1.82, 2.24) is 0 Å². The Labute approximate surface area is 127 Å². The van der Waals surface area contributed by atoms with E-state index in [1.165, 1.54) is 44.4 Å². The van der Waals surface area contributed by atoms with Gasteiger partial charge in [0.15, 0.2) is 0 Å². The molecule has 0 fully saturated rings. The summed E-state index contributed by atoms with van der Waals surface area (Å²) >= 11 is 0. The first kappa shape index (κ1) is 17.4. The second-order valence-electron chi connectivity index (χ2n) is 5.26. The van der Waals surface area contributed by atoms with E-state index in [1.54, 1.807) is 6.08 Å². The molecule has 3 heteroatoms. The molecular weight excluding hydrogens is 264 g/mol. The van der Waals surface area contributed by atoms with Crippen LogP contribution in [0.4, 0.5) is 0 Å². The van der Waals surface area contributed by atoms with Gasteiger partial charge in [0, 0.05) is 6.08 Å². The van der Waals surface area contributed by atoms with Gasteiger partial charge in [0.2, 0.25) is 0 Å². The molecule has 116 valence electrons. The lowest BCUT2D eigenvalue weighted by Crippen LogP contribution is -2.03. The second-order valence-corrected chi connectivity index (χ2v) is 5.26. The fraction of sp³-hybridized carbons (Fsp3) is 0.500. The minimum atomic E-state index is -0.507. The topological polar surface area (TPSA) is 35.5 Å². The molecular formula is C18H26O3. The summed E-state index contributed by atoms with van der Waals surface area (Å²) in [5.74, 6) is 0.259. The van der Waals surface area contributed by atoms with Crippen LogP contribution in [0.3, 0.4) is 0 Å². The van der Waals surface area contributed by atoms with E-state index in [0.29, 0.717) is 0 Å². The maximum Gasteiger partial charge on any atom is 0.365 e. The van der Waals surface area contributed by atoms with Crippen molar-refractivity contribution in [3.63, 3.8) is 0 Å². The van der Waals surface area contributed by atoms with Gasteiger partial charge in [-0.15, -0.1) is 0 Å². The summed E-state index contributed by atoms with van der Waals surface area (Å²) in [7, 11) is 1.31. The molecule has 0 radical (unpaired) electrons. The average molecular weight is 290 g/mol. The normalized spacial score (nSPS) is 12.5. The summed E-state index contributed by atoms with van der Waals surface area (Å²) < 4.78 is 0. The number of carbonyl (C=O) groups is 1. The summed E-state index contributed by atoms with van der Waals surface area (Å²) in [6.07, 6.45) is 9.31. The fourth-order valence-electron chi connectivity index (χ4n) is 2.32. The molecule has 3 nitrogen and oxygen atoms in total. The molecule has 21 heavy (non-hydrogen) atoms. The Morgan fingerprint density at radius 1 is 1.24 bits per heavy atom. The molecule has 0 saturated heterocycles. The average Bonchev–Trinajstić information content (AvgIpc) is 2.51. The molecule has 0 aromatic heterocycles. The molecule has 0 heterocycles. The van der Waals surface area contributed by atoms with Crippen LogP contribution in [0.5, 0.6) is 0 Å².